The van der Waals surface area contributed by atoms with Gasteiger partial charge in [0.05, 0.1) is 23.0 Å². The summed E-state index contributed by atoms with van der Waals surface area (Å²) in [6.07, 6.45) is 4.91. The van der Waals surface area contributed by atoms with E-state index in [0.717, 1.165) is 9.87 Å². The van der Waals surface area contributed by atoms with Crippen LogP contribution in [-0.2, 0) is 11.3 Å². The van der Waals surface area contributed by atoms with Crippen LogP contribution in [0, 0.1) is 0 Å². The molecule has 0 radical (unpaired) electrons. The maximum absolute atomic E-state index is 11.9. The summed E-state index contributed by atoms with van der Waals surface area (Å²) in [5, 5.41) is 9.72. The number of aromatic amines is 1. The lowest BCUT2D eigenvalue weighted by Crippen LogP contribution is -2.38. The summed E-state index contributed by atoms with van der Waals surface area (Å²) in [5.41, 5.74) is -0.321. The molecule has 0 bridgehead atoms. The number of nitrogens with one attached hydrogen (secondary N) is 1. The number of benzene rings is 1. The Bertz CT molecular complexity index is 988. The number of carboxylic acids is 1. The highest BCUT2D eigenvalue weighted by Gasteiger charge is 2.13. The van der Waals surface area contributed by atoms with Crippen molar-refractivity contribution in [3.05, 3.63) is 51.6 Å². The molecule has 0 spiro atoms. The van der Waals surface area contributed by atoms with Gasteiger partial charge < -0.3 is 14.7 Å². The van der Waals surface area contributed by atoms with Gasteiger partial charge in [-0.2, -0.15) is 0 Å². The average Bonchev–Trinajstić information content (AvgIpc) is 2.97. The molecule has 0 aliphatic heterocycles. The lowest BCUT2D eigenvalue weighted by molar-refractivity contribution is -0.137. The molecule has 0 saturated heterocycles. The molecule has 1 unspecified atom stereocenters. The van der Waals surface area contributed by atoms with Crippen LogP contribution in [-0.4, -0.2) is 30.2 Å². The standard InChI is InChI=1S/C13H11N4O4P/c18-11(19)5-17-8-4-9(16-2-1-14-6-16)10(22)3-7(8)15-12(20)13(17)21/h1-4,6H,5,22H2,(H,15,20)(H,18,19). The number of hydrogen-bond donors (Lipinski definition) is 2. The second kappa shape index (κ2) is 5.23. The third-order valence-corrected chi connectivity index (χ3v) is 3.66. The van der Waals surface area contributed by atoms with Crippen LogP contribution in [0.1, 0.15) is 0 Å². The number of hydrogen-bond acceptors (Lipinski definition) is 4. The molecule has 0 aliphatic carbocycles. The molecule has 22 heavy (non-hydrogen) atoms. The Hall–Kier alpha value is -2.73. The summed E-state index contributed by atoms with van der Waals surface area (Å²) in [6, 6.07) is 3.30. The van der Waals surface area contributed by atoms with Crippen LogP contribution < -0.4 is 16.4 Å². The van der Waals surface area contributed by atoms with Gasteiger partial charge in [-0.1, -0.05) is 0 Å². The van der Waals surface area contributed by atoms with Crippen molar-refractivity contribution in [2.75, 3.05) is 0 Å². The molecule has 0 aliphatic rings. The highest BCUT2D eigenvalue weighted by Crippen LogP contribution is 2.15. The van der Waals surface area contributed by atoms with E-state index in [4.69, 9.17) is 5.11 Å². The summed E-state index contributed by atoms with van der Waals surface area (Å²) < 4.78 is 2.67. The van der Waals surface area contributed by atoms with E-state index < -0.39 is 23.6 Å². The molecule has 0 saturated carbocycles. The minimum atomic E-state index is -1.20. The number of H-pyrrole nitrogens is 1. The molecule has 8 nitrogen and oxygen atoms in total. The van der Waals surface area contributed by atoms with Gasteiger partial charge in [-0.15, -0.1) is 9.24 Å². The first-order valence-corrected chi connectivity index (χ1v) is 6.81. The highest BCUT2D eigenvalue weighted by atomic mass is 31.0. The smallest absolute Gasteiger partial charge is 0.323 e. The Morgan fingerprint density at radius 2 is 2.14 bits per heavy atom. The molecule has 112 valence electrons. The van der Waals surface area contributed by atoms with Gasteiger partial charge in [-0.25, -0.2) is 4.98 Å². The van der Waals surface area contributed by atoms with Crippen molar-refractivity contribution >= 4 is 31.5 Å². The Kier molecular flexibility index (Phi) is 3.38. The van der Waals surface area contributed by atoms with Crippen LogP contribution in [0.25, 0.3) is 16.7 Å². The number of carbonyl (C=O) groups is 1. The van der Waals surface area contributed by atoms with E-state index in [2.05, 4.69) is 19.2 Å². The Balaban J connectivity index is 2.39. The maximum Gasteiger partial charge on any atom is 0.323 e. The Labute approximate surface area is 125 Å². The summed E-state index contributed by atoms with van der Waals surface area (Å²) in [5.74, 6) is -1.20. The SMILES string of the molecule is O=C(O)Cn1c(=O)c(=O)[nH]c2cc(P)c(-n3ccnc3)cc21. The van der Waals surface area contributed by atoms with Gasteiger partial charge in [0.1, 0.15) is 6.54 Å². The zero-order chi connectivity index (χ0) is 15.9. The van der Waals surface area contributed by atoms with E-state index in [0.29, 0.717) is 16.7 Å². The van der Waals surface area contributed by atoms with Crippen LogP contribution >= 0.6 is 9.24 Å². The van der Waals surface area contributed by atoms with Crippen molar-refractivity contribution in [1.82, 2.24) is 19.1 Å². The maximum atomic E-state index is 11.9. The molecule has 3 rings (SSSR count). The van der Waals surface area contributed by atoms with Crippen molar-refractivity contribution < 1.29 is 9.90 Å². The number of carboxylic acid groups (broad SMARTS) is 1. The number of aliphatic carboxylic acids is 1. The normalized spacial score (nSPS) is 11.0. The van der Waals surface area contributed by atoms with Crippen LogP contribution in [0.3, 0.4) is 0 Å². The van der Waals surface area contributed by atoms with Gasteiger partial charge >= 0.3 is 17.1 Å². The van der Waals surface area contributed by atoms with E-state index >= 15 is 0 Å². The minimum Gasteiger partial charge on any atom is -0.480 e. The summed E-state index contributed by atoms with van der Waals surface area (Å²) in [7, 11) is 2.53. The van der Waals surface area contributed by atoms with Gasteiger partial charge in [-0.05, 0) is 17.4 Å². The molecule has 3 aromatic rings. The molecule has 1 aromatic carbocycles. The highest BCUT2D eigenvalue weighted by molar-refractivity contribution is 7.27. The second-order valence-corrected chi connectivity index (χ2v) is 5.26. The molecule has 2 N–H and O–H groups in total. The predicted molar refractivity (Wildman–Crippen MR) is 82.9 cm³/mol. The van der Waals surface area contributed by atoms with Crippen molar-refractivity contribution in [2.45, 2.75) is 6.54 Å². The van der Waals surface area contributed by atoms with E-state index in [1.165, 1.54) is 0 Å². The number of rotatable bonds is 3. The van der Waals surface area contributed by atoms with Crippen molar-refractivity contribution in [1.29, 1.82) is 0 Å². The minimum absolute atomic E-state index is 0.335. The molecule has 2 aromatic heterocycles. The van der Waals surface area contributed by atoms with Crippen molar-refractivity contribution in [2.24, 2.45) is 0 Å². The van der Waals surface area contributed by atoms with E-state index in [1.807, 2.05) is 0 Å². The summed E-state index contributed by atoms with van der Waals surface area (Å²) in [4.78, 5) is 41.0. The lowest BCUT2D eigenvalue weighted by atomic mass is 10.2. The molecule has 9 heteroatoms. The molecule has 1 atom stereocenters. The zero-order valence-corrected chi connectivity index (χ0v) is 12.3. The molecular formula is C13H11N4O4P. The van der Waals surface area contributed by atoms with Gasteiger partial charge in [0.25, 0.3) is 0 Å². The largest absolute Gasteiger partial charge is 0.480 e. The summed E-state index contributed by atoms with van der Waals surface area (Å²) >= 11 is 0. The van der Waals surface area contributed by atoms with Crippen molar-refractivity contribution in [3.63, 3.8) is 0 Å². The molecule has 2 heterocycles. The van der Waals surface area contributed by atoms with Crippen LogP contribution in [0.4, 0.5) is 0 Å². The fourth-order valence-electron chi connectivity index (χ4n) is 2.24. The average molecular weight is 318 g/mol. The molecule has 0 fully saturated rings. The van der Waals surface area contributed by atoms with Gasteiger partial charge in [0, 0.05) is 12.4 Å². The molecular weight excluding hydrogens is 307 g/mol. The number of imidazole rings is 1. The fourth-order valence-corrected chi connectivity index (χ4v) is 2.64. The first-order valence-electron chi connectivity index (χ1n) is 6.24. The monoisotopic (exact) mass is 318 g/mol. The third-order valence-electron chi connectivity index (χ3n) is 3.20. The number of aromatic nitrogens is 4. The Morgan fingerprint density at radius 1 is 1.36 bits per heavy atom. The molecule has 0 amide bonds. The third kappa shape index (κ3) is 2.33. The topological polar surface area (TPSA) is 110 Å². The van der Waals surface area contributed by atoms with Gasteiger partial charge in [0.15, 0.2) is 0 Å². The van der Waals surface area contributed by atoms with Crippen LogP contribution in [0.2, 0.25) is 0 Å². The Morgan fingerprint density at radius 3 is 2.77 bits per heavy atom. The van der Waals surface area contributed by atoms with Crippen molar-refractivity contribution in [3.8, 4) is 5.69 Å². The second-order valence-electron chi connectivity index (χ2n) is 4.64. The zero-order valence-electron chi connectivity index (χ0n) is 11.2. The fraction of sp³-hybridized carbons (Fsp3) is 0.0769. The van der Waals surface area contributed by atoms with Gasteiger partial charge in [0.2, 0.25) is 0 Å². The van der Waals surface area contributed by atoms with Crippen LogP contribution in [0.5, 0.6) is 0 Å². The van der Waals surface area contributed by atoms with E-state index in [1.54, 1.807) is 35.4 Å². The first-order chi connectivity index (χ1) is 10.5. The predicted octanol–water partition coefficient (Wildman–Crippen LogP) is -0.540. The number of nitrogens with zero attached hydrogens (tertiary/aromatic N) is 3. The van der Waals surface area contributed by atoms with Crippen LogP contribution in [0.15, 0.2) is 40.4 Å². The van der Waals surface area contributed by atoms with E-state index in [9.17, 15) is 14.4 Å². The first kappa shape index (κ1) is 14.2. The number of fused-ring (bicyclic) bond motifs is 1. The summed E-state index contributed by atoms with van der Waals surface area (Å²) in [6.45, 7) is -0.584. The lowest BCUT2D eigenvalue weighted by Gasteiger charge is -2.12. The quantitative estimate of drug-likeness (QED) is 0.498. The van der Waals surface area contributed by atoms with Gasteiger partial charge in [-0.3, -0.25) is 19.0 Å². The van der Waals surface area contributed by atoms with E-state index in [-0.39, 0.29) is 0 Å².